The molecule has 0 bridgehead atoms. The quantitative estimate of drug-likeness (QED) is 0.817. The molecular formula is C9H8F3N5. The van der Waals surface area contributed by atoms with Gasteiger partial charge in [-0.25, -0.2) is 15.0 Å². The van der Waals surface area contributed by atoms with Crippen molar-refractivity contribution in [2.45, 2.75) is 12.6 Å². The average molecular weight is 243 g/mol. The van der Waals surface area contributed by atoms with Gasteiger partial charge in [0.05, 0.1) is 0 Å². The number of anilines is 1. The number of nitrogens with zero attached hydrogens (tertiary/aromatic N) is 4. The number of aliphatic imine (C=N–C) groups is 2. The van der Waals surface area contributed by atoms with Gasteiger partial charge in [0.25, 0.3) is 0 Å². The van der Waals surface area contributed by atoms with Crippen LogP contribution >= 0.6 is 0 Å². The molecule has 0 aliphatic carbocycles. The first-order chi connectivity index (χ1) is 8.05. The summed E-state index contributed by atoms with van der Waals surface area (Å²) in [5.74, 6) is 0.0493. The van der Waals surface area contributed by atoms with E-state index in [9.17, 15) is 13.2 Å². The molecule has 1 aliphatic rings. The number of guanidine groups is 1. The summed E-state index contributed by atoms with van der Waals surface area (Å²) < 4.78 is 37.1. The van der Waals surface area contributed by atoms with Crippen LogP contribution in [-0.4, -0.2) is 28.7 Å². The third kappa shape index (κ3) is 2.99. The first-order valence-electron chi connectivity index (χ1n) is 4.80. The normalized spacial score (nSPS) is 15.6. The Labute approximate surface area is 94.5 Å². The SMILES string of the molecule is FC(F)(F)c1ccnc(NC2=NCCC=N2)n1. The molecule has 1 aromatic heterocycles. The van der Waals surface area contributed by atoms with E-state index < -0.39 is 11.9 Å². The summed E-state index contributed by atoms with van der Waals surface area (Å²) in [6, 6.07) is 0.803. The zero-order valence-corrected chi connectivity index (χ0v) is 8.57. The van der Waals surface area contributed by atoms with E-state index in [-0.39, 0.29) is 11.9 Å². The maximum Gasteiger partial charge on any atom is 0.433 e. The molecule has 2 rings (SSSR count). The van der Waals surface area contributed by atoms with Crippen LogP contribution in [0.5, 0.6) is 0 Å². The number of aromatic nitrogens is 2. The van der Waals surface area contributed by atoms with Crippen LogP contribution in [0, 0.1) is 0 Å². The minimum atomic E-state index is -4.49. The van der Waals surface area contributed by atoms with Crippen LogP contribution in [0.3, 0.4) is 0 Å². The molecule has 90 valence electrons. The van der Waals surface area contributed by atoms with E-state index in [1.165, 1.54) is 0 Å². The van der Waals surface area contributed by atoms with Crippen LogP contribution in [0.4, 0.5) is 19.1 Å². The van der Waals surface area contributed by atoms with E-state index in [1.807, 2.05) is 0 Å². The third-order valence-corrected chi connectivity index (χ3v) is 1.90. The van der Waals surface area contributed by atoms with Crippen molar-refractivity contribution in [1.82, 2.24) is 9.97 Å². The monoisotopic (exact) mass is 243 g/mol. The van der Waals surface area contributed by atoms with Crippen LogP contribution < -0.4 is 5.32 Å². The van der Waals surface area contributed by atoms with Gasteiger partial charge in [0, 0.05) is 25.4 Å². The summed E-state index contributed by atoms with van der Waals surface area (Å²) in [5, 5.41) is 2.52. The molecule has 0 spiro atoms. The zero-order chi connectivity index (χ0) is 12.3. The predicted molar refractivity (Wildman–Crippen MR) is 56.1 cm³/mol. The van der Waals surface area contributed by atoms with Gasteiger partial charge in [-0.2, -0.15) is 13.2 Å². The zero-order valence-electron chi connectivity index (χ0n) is 8.57. The summed E-state index contributed by atoms with van der Waals surface area (Å²) in [5.41, 5.74) is -1.00. The predicted octanol–water partition coefficient (Wildman–Crippen LogP) is 1.74. The summed E-state index contributed by atoms with van der Waals surface area (Å²) in [4.78, 5) is 14.8. The molecule has 5 nitrogen and oxygen atoms in total. The van der Waals surface area contributed by atoms with E-state index in [1.54, 1.807) is 6.21 Å². The van der Waals surface area contributed by atoms with E-state index in [4.69, 9.17) is 0 Å². The summed E-state index contributed by atoms with van der Waals surface area (Å²) >= 11 is 0. The van der Waals surface area contributed by atoms with Crippen molar-refractivity contribution in [3.63, 3.8) is 0 Å². The van der Waals surface area contributed by atoms with E-state index >= 15 is 0 Å². The molecule has 0 saturated heterocycles. The molecule has 0 saturated carbocycles. The molecule has 2 heterocycles. The Kier molecular flexibility index (Phi) is 3.03. The van der Waals surface area contributed by atoms with Crippen LogP contribution in [0.15, 0.2) is 22.2 Å². The molecular weight excluding hydrogens is 235 g/mol. The van der Waals surface area contributed by atoms with Crippen molar-refractivity contribution < 1.29 is 13.2 Å². The molecule has 8 heteroatoms. The van der Waals surface area contributed by atoms with E-state index in [0.717, 1.165) is 12.3 Å². The Bertz CT molecular complexity index is 466. The largest absolute Gasteiger partial charge is 0.433 e. The van der Waals surface area contributed by atoms with Crippen LogP contribution in [0.2, 0.25) is 0 Å². The molecule has 0 radical (unpaired) electrons. The molecule has 1 aromatic rings. The summed E-state index contributed by atoms with van der Waals surface area (Å²) in [7, 11) is 0. The average Bonchev–Trinajstić information content (AvgIpc) is 2.29. The highest BCUT2D eigenvalue weighted by Crippen LogP contribution is 2.27. The number of halogens is 3. The summed E-state index contributed by atoms with van der Waals surface area (Å²) in [6.07, 6.45) is -1.11. The fraction of sp³-hybridized carbons (Fsp3) is 0.333. The minimum absolute atomic E-state index is 0.169. The Morgan fingerprint density at radius 3 is 2.76 bits per heavy atom. The van der Waals surface area contributed by atoms with Gasteiger partial charge in [-0.15, -0.1) is 0 Å². The van der Waals surface area contributed by atoms with Crippen molar-refractivity contribution in [1.29, 1.82) is 0 Å². The molecule has 17 heavy (non-hydrogen) atoms. The lowest BCUT2D eigenvalue weighted by Gasteiger charge is -2.09. The second-order valence-electron chi connectivity index (χ2n) is 3.19. The van der Waals surface area contributed by atoms with Crippen LogP contribution in [0.25, 0.3) is 0 Å². The molecule has 0 unspecified atom stereocenters. The highest BCUT2D eigenvalue weighted by Gasteiger charge is 2.32. The van der Waals surface area contributed by atoms with Crippen LogP contribution in [-0.2, 0) is 6.18 Å². The lowest BCUT2D eigenvalue weighted by Crippen LogP contribution is -2.17. The Morgan fingerprint density at radius 1 is 1.29 bits per heavy atom. The summed E-state index contributed by atoms with van der Waals surface area (Å²) in [6.45, 7) is 0.546. The van der Waals surface area contributed by atoms with Gasteiger partial charge in [0.1, 0.15) is 5.69 Å². The maximum atomic E-state index is 12.4. The van der Waals surface area contributed by atoms with Gasteiger partial charge in [-0.1, -0.05) is 0 Å². The Hall–Kier alpha value is -1.99. The van der Waals surface area contributed by atoms with Crippen molar-refractivity contribution >= 4 is 18.1 Å². The van der Waals surface area contributed by atoms with Crippen molar-refractivity contribution in [3.05, 3.63) is 18.0 Å². The maximum absolute atomic E-state index is 12.4. The molecule has 0 aromatic carbocycles. The standard InChI is InChI=1S/C9H8F3N5/c10-9(11,12)6-2-5-15-8(16-6)17-7-13-3-1-4-14-7/h2-3,5H,1,4H2,(H,14,15,16,17). The number of rotatable bonds is 1. The van der Waals surface area contributed by atoms with E-state index in [2.05, 4.69) is 25.3 Å². The fourth-order valence-corrected chi connectivity index (χ4v) is 1.17. The van der Waals surface area contributed by atoms with Gasteiger partial charge in [0.2, 0.25) is 11.9 Å². The van der Waals surface area contributed by atoms with Gasteiger partial charge >= 0.3 is 6.18 Å². The highest BCUT2D eigenvalue weighted by atomic mass is 19.4. The number of nitrogens with one attached hydrogen (secondary N) is 1. The molecule has 0 atom stereocenters. The van der Waals surface area contributed by atoms with Crippen molar-refractivity contribution in [2.75, 3.05) is 11.9 Å². The van der Waals surface area contributed by atoms with Gasteiger partial charge in [0.15, 0.2) is 0 Å². The Morgan fingerprint density at radius 2 is 2.12 bits per heavy atom. The fourth-order valence-electron chi connectivity index (χ4n) is 1.17. The smallest absolute Gasteiger partial charge is 0.293 e. The second-order valence-corrected chi connectivity index (χ2v) is 3.19. The van der Waals surface area contributed by atoms with Crippen molar-refractivity contribution in [2.24, 2.45) is 9.98 Å². The van der Waals surface area contributed by atoms with Crippen LogP contribution in [0.1, 0.15) is 12.1 Å². The number of hydrogen-bond acceptors (Lipinski definition) is 5. The first-order valence-corrected chi connectivity index (χ1v) is 4.80. The van der Waals surface area contributed by atoms with Crippen molar-refractivity contribution in [3.8, 4) is 0 Å². The molecule has 1 N–H and O–H groups in total. The molecule has 1 aliphatic heterocycles. The second kappa shape index (κ2) is 4.48. The minimum Gasteiger partial charge on any atom is -0.293 e. The lowest BCUT2D eigenvalue weighted by atomic mass is 10.4. The van der Waals surface area contributed by atoms with Gasteiger partial charge < -0.3 is 0 Å². The van der Waals surface area contributed by atoms with Gasteiger partial charge in [-0.3, -0.25) is 10.3 Å². The first kappa shape index (κ1) is 11.5. The third-order valence-electron chi connectivity index (χ3n) is 1.90. The number of hydrogen-bond donors (Lipinski definition) is 1. The highest BCUT2D eigenvalue weighted by molar-refractivity contribution is 5.98. The molecule has 0 amide bonds. The lowest BCUT2D eigenvalue weighted by molar-refractivity contribution is -0.141. The molecule has 0 fully saturated rings. The van der Waals surface area contributed by atoms with Gasteiger partial charge in [-0.05, 0) is 6.07 Å². The topological polar surface area (TPSA) is 62.5 Å². The Balaban J connectivity index is 2.17. The van der Waals surface area contributed by atoms with E-state index in [0.29, 0.717) is 13.0 Å². The number of alkyl halides is 3.